The van der Waals surface area contributed by atoms with Gasteiger partial charge in [-0.3, -0.25) is 0 Å². The van der Waals surface area contributed by atoms with Crippen LogP contribution in [0.4, 0.5) is 5.82 Å². The first-order chi connectivity index (χ1) is 12.8. The molecule has 136 valence electrons. The molecule has 1 aromatic carbocycles. The zero-order chi connectivity index (χ0) is 18.2. The molecule has 0 unspecified atom stereocenters. The highest BCUT2D eigenvalue weighted by molar-refractivity contribution is 5.41. The van der Waals surface area contributed by atoms with Crippen molar-refractivity contribution >= 4 is 5.82 Å². The molecule has 0 bridgehead atoms. The molecule has 26 heavy (non-hydrogen) atoms. The van der Waals surface area contributed by atoms with E-state index >= 15 is 0 Å². The van der Waals surface area contributed by atoms with Gasteiger partial charge in [0.05, 0.1) is 0 Å². The Morgan fingerprint density at radius 1 is 1.15 bits per heavy atom. The third kappa shape index (κ3) is 4.98. The standard InChI is InChI=1S/C21H26N4O/c1-3-14-26-20-7-5-4-6-19(20)17-22-16-18-8-9-23-21(15-18)25-12-10-24(2)11-13-25/h1,4-9,15,22H,10-14,16-17H2,2H3. The van der Waals surface area contributed by atoms with E-state index in [1.807, 2.05) is 24.4 Å². The molecule has 0 atom stereocenters. The zero-order valence-electron chi connectivity index (χ0n) is 15.3. The van der Waals surface area contributed by atoms with Crippen molar-refractivity contribution < 1.29 is 4.74 Å². The van der Waals surface area contributed by atoms with Crippen LogP contribution in [-0.2, 0) is 13.1 Å². The molecule has 0 aliphatic carbocycles. The third-order valence-corrected chi connectivity index (χ3v) is 4.57. The van der Waals surface area contributed by atoms with Crippen molar-refractivity contribution in [3.63, 3.8) is 0 Å². The Hall–Kier alpha value is -2.55. The van der Waals surface area contributed by atoms with E-state index in [9.17, 15) is 0 Å². The van der Waals surface area contributed by atoms with Crippen LogP contribution >= 0.6 is 0 Å². The molecule has 1 aliphatic heterocycles. The van der Waals surface area contributed by atoms with Gasteiger partial charge in [-0.15, -0.1) is 6.42 Å². The van der Waals surface area contributed by atoms with Gasteiger partial charge in [0.1, 0.15) is 18.2 Å². The van der Waals surface area contributed by atoms with Crippen LogP contribution in [0.1, 0.15) is 11.1 Å². The molecule has 0 radical (unpaired) electrons. The summed E-state index contributed by atoms with van der Waals surface area (Å²) in [6.07, 6.45) is 7.18. The topological polar surface area (TPSA) is 40.6 Å². The number of para-hydroxylation sites is 1. The molecule has 0 amide bonds. The Morgan fingerprint density at radius 2 is 1.96 bits per heavy atom. The summed E-state index contributed by atoms with van der Waals surface area (Å²) in [7, 11) is 2.16. The minimum absolute atomic E-state index is 0.287. The maximum atomic E-state index is 5.60. The molecule has 0 spiro atoms. The van der Waals surface area contributed by atoms with Crippen LogP contribution in [0.2, 0.25) is 0 Å². The Morgan fingerprint density at radius 3 is 2.77 bits per heavy atom. The van der Waals surface area contributed by atoms with Crippen LogP contribution in [0.15, 0.2) is 42.6 Å². The van der Waals surface area contributed by atoms with E-state index in [1.54, 1.807) is 0 Å². The first kappa shape index (κ1) is 18.2. The summed E-state index contributed by atoms with van der Waals surface area (Å²) in [5.74, 6) is 4.41. The number of nitrogens with zero attached hydrogens (tertiary/aromatic N) is 3. The normalized spacial score (nSPS) is 14.8. The molecule has 1 N–H and O–H groups in total. The van der Waals surface area contributed by atoms with E-state index in [2.05, 4.69) is 51.3 Å². The van der Waals surface area contributed by atoms with Crippen molar-refractivity contribution in [3.8, 4) is 18.1 Å². The predicted octanol–water partition coefficient (Wildman–Crippen LogP) is 2.14. The quantitative estimate of drug-likeness (QED) is 0.775. The summed E-state index contributed by atoms with van der Waals surface area (Å²) in [5, 5.41) is 3.49. The van der Waals surface area contributed by atoms with Crippen LogP contribution in [0.25, 0.3) is 0 Å². The average Bonchev–Trinajstić information content (AvgIpc) is 2.68. The fraction of sp³-hybridized carbons (Fsp3) is 0.381. The molecular weight excluding hydrogens is 324 g/mol. The lowest BCUT2D eigenvalue weighted by Gasteiger charge is -2.33. The Labute approximate surface area is 156 Å². The minimum Gasteiger partial charge on any atom is -0.481 e. The Bertz CT molecular complexity index is 748. The van der Waals surface area contributed by atoms with Gasteiger partial charge < -0.3 is 19.9 Å². The fourth-order valence-electron chi connectivity index (χ4n) is 3.03. The minimum atomic E-state index is 0.287. The second kappa shape index (κ2) is 9.23. The maximum Gasteiger partial charge on any atom is 0.148 e. The lowest BCUT2D eigenvalue weighted by Crippen LogP contribution is -2.44. The van der Waals surface area contributed by atoms with Gasteiger partial charge in [0.25, 0.3) is 0 Å². The van der Waals surface area contributed by atoms with Crippen LogP contribution in [0.5, 0.6) is 5.75 Å². The number of likely N-dealkylation sites (N-methyl/N-ethyl adjacent to an activating group) is 1. The highest BCUT2D eigenvalue weighted by Gasteiger charge is 2.15. The van der Waals surface area contributed by atoms with Gasteiger partial charge in [-0.25, -0.2) is 4.98 Å². The fourth-order valence-corrected chi connectivity index (χ4v) is 3.03. The van der Waals surface area contributed by atoms with E-state index in [0.29, 0.717) is 0 Å². The molecule has 1 saturated heterocycles. The van der Waals surface area contributed by atoms with E-state index < -0.39 is 0 Å². The molecule has 1 fully saturated rings. The summed E-state index contributed by atoms with van der Waals surface area (Å²) in [4.78, 5) is 9.25. The number of hydrogen-bond acceptors (Lipinski definition) is 5. The van der Waals surface area contributed by atoms with Crippen molar-refractivity contribution in [1.29, 1.82) is 0 Å². The summed E-state index contributed by atoms with van der Waals surface area (Å²) in [6, 6.07) is 12.2. The van der Waals surface area contributed by atoms with Crippen LogP contribution in [-0.4, -0.2) is 49.7 Å². The Kier molecular flexibility index (Phi) is 6.48. The van der Waals surface area contributed by atoms with Gasteiger partial charge in [-0.2, -0.15) is 0 Å². The van der Waals surface area contributed by atoms with Crippen LogP contribution in [0, 0.1) is 12.3 Å². The monoisotopic (exact) mass is 350 g/mol. The van der Waals surface area contributed by atoms with Gasteiger partial charge in [0, 0.05) is 51.0 Å². The molecule has 2 aromatic rings. The summed E-state index contributed by atoms with van der Waals surface area (Å²) >= 11 is 0. The van der Waals surface area contributed by atoms with Crippen molar-refractivity contribution in [1.82, 2.24) is 15.2 Å². The van der Waals surface area contributed by atoms with E-state index in [-0.39, 0.29) is 6.61 Å². The zero-order valence-corrected chi connectivity index (χ0v) is 15.3. The Balaban J connectivity index is 1.56. The van der Waals surface area contributed by atoms with E-state index in [1.165, 1.54) is 5.56 Å². The van der Waals surface area contributed by atoms with Gasteiger partial charge in [0.15, 0.2) is 0 Å². The van der Waals surface area contributed by atoms with Gasteiger partial charge in [-0.1, -0.05) is 24.1 Å². The first-order valence-electron chi connectivity index (χ1n) is 8.99. The first-order valence-corrected chi connectivity index (χ1v) is 8.99. The van der Waals surface area contributed by atoms with Gasteiger partial charge >= 0.3 is 0 Å². The number of piperazine rings is 1. The van der Waals surface area contributed by atoms with Crippen molar-refractivity contribution in [2.24, 2.45) is 0 Å². The number of rotatable bonds is 7. The highest BCUT2D eigenvalue weighted by atomic mass is 16.5. The summed E-state index contributed by atoms with van der Waals surface area (Å²) < 4.78 is 5.60. The average molecular weight is 350 g/mol. The predicted molar refractivity (Wildman–Crippen MR) is 105 cm³/mol. The molecule has 5 heteroatoms. The van der Waals surface area contributed by atoms with E-state index in [0.717, 1.165) is 56.4 Å². The number of anilines is 1. The van der Waals surface area contributed by atoms with Crippen LogP contribution < -0.4 is 15.0 Å². The molecule has 1 aromatic heterocycles. The molecule has 2 heterocycles. The second-order valence-electron chi connectivity index (χ2n) is 6.52. The second-order valence-corrected chi connectivity index (χ2v) is 6.52. The third-order valence-electron chi connectivity index (χ3n) is 4.57. The van der Waals surface area contributed by atoms with Crippen LogP contribution in [0.3, 0.4) is 0 Å². The highest BCUT2D eigenvalue weighted by Crippen LogP contribution is 2.18. The maximum absolute atomic E-state index is 5.60. The van der Waals surface area contributed by atoms with Gasteiger partial charge in [0.2, 0.25) is 0 Å². The number of hydrogen-bond donors (Lipinski definition) is 1. The summed E-state index contributed by atoms with van der Waals surface area (Å²) in [5.41, 5.74) is 2.34. The van der Waals surface area contributed by atoms with Crippen molar-refractivity contribution in [3.05, 3.63) is 53.7 Å². The number of pyridine rings is 1. The van der Waals surface area contributed by atoms with Crippen molar-refractivity contribution in [2.45, 2.75) is 13.1 Å². The molecule has 5 nitrogen and oxygen atoms in total. The molecular formula is C21H26N4O. The lowest BCUT2D eigenvalue weighted by molar-refractivity contribution is 0.312. The van der Waals surface area contributed by atoms with E-state index in [4.69, 9.17) is 11.2 Å². The number of benzene rings is 1. The molecule has 3 rings (SSSR count). The lowest BCUT2D eigenvalue weighted by atomic mass is 10.2. The van der Waals surface area contributed by atoms with Crippen molar-refractivity contribution in [2.75, 3.05) is 44.7 Å². The number of nitrogens with one attached hydrogen (secondary N) is 1. The SMILES string of the molecule is C#CCOc1ccccc1CNCc1ccnc(N2CCN(C)CC2)c1. The number of aromatic nitrogens is 1. The smallest absolute Gasteiger partial charge is 0.148 e. The molecule has 0 saturated carbocycles. The van der Waals surface area contributed by atoms with Gasteiger partial charge in [-0.05, 0) is 30.8 Å². The molecule has 1 aliphatic rings. The number of ether oxygens (including phenoxy) is 1. The number of terminal acetylenes is 1. The summed E-state index contributed by atoms with van der Waals surface area (Å²) in [6.45, 7) is 6.02. The largest absolute Gasteiger partial charge is 0.481 e.